The molecular formula is C12H18N2O. The summed E-state index contributed by atoms with van der Waals surface area (Å²) in [6.07, 6.45) is 3.66. The molecule has 0 saturated carbocycles. The highest BCUT2D eigenvalue weighted by molar-refractivity contribution is 5.25. The van der Waals surface area contributed by atoms with E-state index < -0.39 is 0 Å². The van der Waals surface area contributed by atoms with Gasteiger partial charge in [-0.25, -0.2) is 4.98 Å². The molecule has 3 heteroatoms. The summed E-state index contributed by atoms with van der Waals surface area (Å²) < 4.78 is 5.17. The van der Waals surface area contributed by atoms with Crippen molar-refractivity contribution in [3.8, 4) is 5.88 Å². The molecule has 3 nitrogen and oxygen atoms in total. The van der Waals surface area contributed by atoms with Gasteiger partial charge >= 0.3 is 0 Å². The number of ether oxygens (including phenoxy) is 1. The smallest absolute Gasteiger partial charge is 0.213 e. The fourth-order valence-electron chi connectivity index (χ4n) is 2.14. The van der Waals surface area contributed by atoms with Crippen LogP contribution in [-0.4, -0.2) is 24.7 Å². The van der Waals surface area contributed by atoms with Crippen LogP contribution in [-0.2, 0) is 6.42 Å². The van der Waals surface area contributed by atoms with E-state index in [1.165, 1.54) is 18.4 Å². The van der Waals surface area contributed by atoms with Crippen LogP contribution in [0.2, 0.25) is 0 Å². The number of hydrogen-bond donors (Lipinski definition) is 1. The van der Waals surface area contributed by atoms with Crippen molar-refractivity contribution >= 4 is 0 Å². The molecule has 1 aliphatic heterocycles. The highest BCUT2D eigenvalue weighted by Crippen LogP contribution is 2.16. The number of aromatic nitrogens is 1. The Balaban J connectivity index is 2.09. The van der Waals surface area contributed by atoms with E-state index in [1.807, 2.05) is 13.0 Å². The average molecular weight is 206 g/mol. The van der Waals surface area contributed by atoms with Crippen molar-refractivity contribution in [3.05, 3.63) is 23.4 Å². The summed E-state index contributed by atoms with van der Waals surface area (Å²) in [5, 5.41) is 3.50. The predicted octanol–water partition coefficient (Wildman–Crippen LogP) is 1.69. The van der Waals surface area contributed by atoms with Crippen molar-refractivity contribution in [1.29, 1.82) is 0 Å². The zero-order valence-electron chi connectivity index (χ0n) is 9.42. The summed E-state index contributed by atoms with van der Waals surface area (Å²) in [6, 6.07) is 4.81. The third kappa shape index (κ3) is 2.69. The molecule has 2 rings (SSSR count). The molecule has 0 aromatic carbocycles. The Morgan fingerprint density at radius 2 is 2.40 bits per heavy atom. The van der Waals surface area contributed by atoms with Crippen LogP contribution in [0.5, 0.6) is 5.88 Å². The molecule has 0 amide bonds. The molecule has 1 unspecified atom stereocenters. The number of rotatable bonds is 3. The van der Waals surface area contributed by atoms with Gasteiger partial charge in [-0.05, 0) is 44.4 Å². The summed E-state index contributed by atoms with van der Waals surface area (Å²) in [5.74, 6) is 0.725. The van der Waals surface area contributed by atoms with Gasteiger partial charge < -0.3 is 10.1 Å². The van der Waals surface area contributed by atoms with Crippen LogP contribution in [0.3, 0.4) is 0 Å². The van der Waals surface area contributed by atoms with E-state index in [4.69, 9.17) is 4.74 Å². The Morgan fingerprint density at radius 1 is 1.53 bits per heavy atom. The van der Waals surface area contributed by atoms with Gasteiger partial charge in [0, 0.05) is 17.8 Å². The zero-order chi connectivity index (χ0) is 10.7. The molecule has 1 aromatic rings. The maximum atomic E-state index is 5.17. The predicted molar refractivity (Wildman–Crippen MR) is 60.3 cm³/mol. The lowest BCUT2D eigenvalue weighted by Gasteiger charge is -2.11. The first kappa shape index (κ1) is 10.4. The number of nitrogens with one attached hydrogen (secondary N) is 1. The molecule has 15 heavy (non-hydrogen) atoms. The zero-order valence-corrected chi connectivity index (χ0v) is 9.42. The molecule has 1 saturated heterocycles. The number of nitrogens with zero attached hydrogens (tertiary/aromatic N) is 1. The summed E-state index contributed by atoms with van der Waals surface area (Å²) in [5.41, 5.74) is 2.35. The first-order valence-electron chi connectivity index (χ1n) is 5.53. The van der Waals surface area contributed by atoms with E-state index in [-0.39, 0.29) is 0 Å². The fourth-order valence-corrected chi connectivity index (χ4v) is 2.14. The minimum Gasteiger partial charge on any atom is -0.481 e. The highest BCUT2D eigenvalue weighted by Gasteiger charge is 2.14. The molecule has 0 radical (unpaired) electrons. The third-order valence-electron chi connectivity index (χ3n) is 2.84. The highest BCUT2D eigenvalue weighted by atomic mass is 16.5. The molecule has 0 bridgehead atoms. The first-order valence-corrected chi connectivity index (χ1v) is 5.53. The van der Waals surface area contributed by atoms with Crippen molar-refractivity contribution in [2.75, 3.05) is 13.7 Å². The van der Waals surface area contributed by atoms with E-state index in [2.05, 4.69) is 16.4 Å². The van der Waals surface area contributed by atoms with Crippen LogP contribution >= 0.6 is 0 Å². The van der Waals surface area contributed by atoms with Gasteiger partial charge in [-0.3, -0.25) is 0 Å². The Kier molecular flexibility index (Phi) is 3.21. The fraction of sp³-hybridized carbons (Fsp3) is 0.583. The number of aryl methyl sites for hydroxylation is 1. The molecule has 1 N–H and O–H groups in total. The average Bonchev–Trinajstić information content (AvgIpc) is 2.69. The van der Waals surface area contributed by atoms with Crippen molar-refractivity contribution in [1.82, 2.24) is 10.3 Å². The van der Waals surface area contributed by atoms with Gasteiger partial charge in [0.25, 0.3) is 0 Å². The van der Waals surface area contributed by atoms with Gasteiger partial charge in [-0.1, -0.05) is 0 Å². The minimum absolute atomic E-state index is 0.636. The molecule has 0 spiro atoms. The lowest BCUT2D eigenvalue weighted by molar-refractivity contribution is 0.396. The number of pyridine rings is 1. The van der Waals surface area contributed by atoms with Gasteiger partial charge in [0.2, 0.25) is 5.88 Å². The largest absolute Gasteiger partial charge is 0.481 e. The minimum atomic E-state index is 0.636. The third-order valence-corrected chi connectivity index (χ3v) is 2.84. The van der Waals surface area contributed by atoms with Gasteiger partial charge in [-0.2, -0.15) is 0 Å². The van der Waals surface area contributed by atoms with Crippen LogP contribution in [0.15, 0.2) is 12.1 Å². The molecular weight excluding hydrogens is 188 g/mol. The van der Waals surface area contributed by atoms with Crippen LogP contribution in [0.1, 0.15) is 24.1 Å². The van der Waals surface area contributed by atoms with Gasteiger partial charge in [0.05, 0.1) is 7.11 Å². The quantitative estimate of drug-likeness (QED) is 0.817. The summed E-state index contributed by atoms with van der Waals surface area (Å²) in [7, 11) is 1.67. The maximum Gasteiger partial charge on any atom is 0.213 e. The Bertz CT molecular complexity index is 332. The van der Waals surface area contributed by atoms with Crippen LogP contribution in [0.25, 0.3) is 0 Å². The second kappa shape index (κ2) is 4.62. The molecule has 1 aliphatic rings. The van der Waals surface area contributed by atoms with Gasteiger partial charge in [-0.15, -0.1) is 0 Å². The number of methoxy groups -OCH3 is 1. The van der Waals surface area contributed by atoms with Crippen molar-refractivity contribution in [3.63, 3.8) is 0 Å². The van der Waals surface area contributed by atoms with Gasteiger partial charge in [0.1, 0.15) is 0 Å². The van der Waals surface area contributed by atoms with Gasteiger partial charge in [0.15, 0.2) is 0 Å². The second-order valence-electron chi connectivity index (χ2n) is 4.16. The Labute approximate surface area is 90.9 Å². The normalized spacial score (nSPS) is 20.5. The molecule has 1 fully saturated rings. The SMILES string of the molecule is COc1cc(CC2CCCN2)cc(C)n1. The lowest BCUT2D eigenvalue weighted by atomic mass is 10.1. The number of hydrogen-bond acceptors (Lipinski definition) is 3. The summed E-state index contributed by atoms with van der Waals surface area (Å²) >= 11 is 0. The Morgan fingerprint density at radius 3 is 3.07 bits per heavy atom. The first-order chi connectivity index (χ1) is 7.28. The van der Waals surface area contributed by atoms with E-state index in [9.17, 15) is 0 Å². The van der Waals surface area contributed by atoms with Crippen LogP contribution in [0.4, 0.5) is 0 Å². The standard InChI is InChI=1S/C12H18N2O/c1-9-6-10(8-12(14-9)15-2)7-11-4-3-5-13-11/h6,8,11,13H,3-5,7H2,1-2H3. The second-order valence-corrected chi connectivity index (χ2v) is 4.16. The van der Waals surface area contributed by atoms with E-state index >= 15 is 0 Å². The lowest BCUT2D eigenvalue weighted by Crippen LogP contribution is -2.23. The molecule has 1 aromatic heterocycles. The molecule has 0 aliphatic carbocycles. The molecule has 1 atom stereocenters. The summed E-state index contributed by atoms with van der Waals surface area (Å²) in [6.45, 7) is 3.17. The van der Waals surface area contributed by atoms with E-state index in [0.717, 1.165) is 24.5 Å². The van der Waals surface area contributed by atoms with Crippen LogP contribution < -0.4 is 10.1 Å². The Hall–Kier alpha value is -1.09. The van der Waals surface area contributed by atoms with Crippen molar-refractivity contribution < 1.29 is 4.74 Å². The van der Waals surface area contributed by atoms with Crippen molar-refractivity contribution in [2.24, 2.45) is 0 Å². The monoisotopic (exact) mass is 206 g/mol. The maximum absolute atomic E-state index is 5.17. The van der Waals surface area contributed by atoms with E-state index in [1.54, 1.807) is 7.11 Å². The van der Waals surface area contributed by atoms with E-state index in [0.29, 0.717) is 6.04 Å². The molecule has 82 valence electrons. The summed E-state index contributed by atoms with van der Waals surface area (Å²) in [4.78, 5) is 4.28. The van der Waals surface area contributed by atoms with Crippen LogP contribution in [0, 0.1) is 6.92 Å². The topological polar surface area (TPSA) is 34.1 Å². The van der Waals surface area contributed by atoms with Crippen molar-refractivity contribution in [2.45, 2.75) is 32.2 Å². The molecule has 2 heterocycles.